The first-order chi connectivity index (χ1) is 12.2. The Morgan fingerprint density at radius 2 is 2.20 bits per heavy atom. The molecule has 1 aromatic carbocycles. The molecule has 2 aliphatic rings. The highest BCUT2D eigenvalue weighted by Crippen LogP contribution is 2.39. The first kappa shape index (κ1) is 16.0. The molecule has 0 radical (unpaired) electrons. The number of ether oxygens (including phenoxy) is 1. The largest absolute Gasteiger partial charge is 0.493 e. The monoisotopic (exact) mass is 342 g/mol. The summed E-state index contributed by atoms with van der Waals surface area (Å²) in [6, 6.07) is 9.35. The van der Waals surface area contributed by atoms with Crippen molar-refractivity contribution in [2.45, 2.75) is 38.0 Å². The second-order valence-electron chi connectivity index (χ2n) is 6.73. The van der Waals surface area contributed by atoms with Gasteiger partial charge in [-0.3, -0.25) is 0 Å². The zero-order chi connectivity index (χ0) is 17.2. The van der Waals surface area contributed by atoms with Crippen molar-refractivity contribution >= 4 is 6.03 Å². The minimum absolute atomic E-state index is 0.120. The number of fused-ring (bicyclic) bond motifs is 1. The number of hydrogen-bond donors (Lipinski definition) is 3. The lowest BCUT2D eigenvalue weighted by atomic mass is 9.75. The summed E-state index contributed by atoms with van der Waals surface area (Å²) in [7, 11) is 0. The molecular weight excluding hydrogens is 320 g/mol. The van der Waals surface area contributed by atoms with E-state index in [1.54, 1.807) is 12.3 Å². The van der Waals surface area contributed by atoms with Gasteiger partial charge in [-0.1, -0.05) is 6.07 Å². The summed E-state index contributed by atoms with van der Waals surface area (Å²) < 4.78 is 10.8. The quantitative estimate of drug-likeness (QED) is 0.780. The Morgan fingerprint density at radius 1 is 1.32 bits per heavy atom. The number of benzene rings is 1. The maximum Gasteiger partial charge on any atom is 0.315 e. The molecular formula is C19H22N2O4. The Balaban J connectivity index is 1.45. The molecule has 25 heavy (non-hydrogen) atoms. The molecule has 2 heterocycles. The molecule has 0 bridgehead atoms. The van der Waals surface area contributed by atoms with Crippen molar-refractivity contribution in [3.63, 3.8) is 0 Å². The number of carbonyl (C=O) groups is 1. The fourth-order valence-corrected chi connectivity index (χ4v) is 3.55. The van der Waals surface area contributed by atoms with Crippen molar-refractivity contribution in [3.8, 4) is 5.75 Å². The standard InChI is InChI=1S/C19H22N2O4/c22-15-9-14(10-15)18(13-3-4-17-12(8-13)5-7-25-17)21-19(23)20-11-16-2-1-6-24-16/h1-4,6,8,14-15,18,22H,5,7,9-11H2,(H2,20,21,23)/t14?,15?,18-/m1/s1. The van der Waals surface area contributed by atoms with E-state index >= 15 is 0 Å². The normalized spacial score (nSPS) is 22.4. The summed E-state index contributed by atoms with van der Waals surface area (Å²) in [6.45, 7) is 1.06. The van der Waals surface area contributed by atoms with Gasteiger partial charge >= 0.3 is 6.03 Å². The Labute approximate surface area is 146 Å². The summed E-state index contributed by atoms with van der Waals surface area (Å²) in [5.41, 5.74) is 2.24. The maximum atomic E-state index is 12.3. The molecule has 3 N–H and O–H groups in total. The van der Waals surface area contributed by atoms with E-state index in [9.17, 15) is 9.90 Å². The van der Waals surface area contributed by atoms with Crippen LogP contribution in [0.2, 0.25) is 0 Å². The Hall–Kier alpha value is -2.47. The topological polar surface area (TPSA) is 83.7 Å². The van der Waals surface area contributed by atoms with Gasteiger partial charge in [-0.15, -0.1) is 0 Å². The second kappa shape index (κ2) is 6.80. The molecule has 4 rings (SSSR count). The lowest BCUT2D eigenvalue weighted by molar-refractivity contribution is 0.0259. The molecule has 132 valence electrons. The van der Waals surface area contributed by atoms with Gasteiger partial charge in [0, 0.05) is 6.42 Å². The van der Waals surface area contributed by atoms with E-state index in [2.05, 4.69) is 16.7 Å². The van der Waals surface area contributed by atoms with E-state index < -0.39 is 0 Å². The first-order valence-electron chi connectivity index (χ1n) is 8.69. The fourth-order valence-electron chi connectivity index (χ4n) is 3.55. The van der Waals surface area contributed by atoms with Crippen molar-refractivity contribution in [2.24, 2.45) is 5.92 Å². The van der Waals surface area contributed by atoms with Crippen LogP contribution in [-0.4, -0.2) is 23.8 Å². The third kappa shape index (κ3) is 3.49. The number of furan rings is 1. The molecule has 6 nitrogen and oxygen atoms in total. The smallest absolute Gasteiger partial charge is 0.315 e. The Morgan fingerprint density at radius 3 is 2.96 bits per heavy atom. The molecule has 1 aromatic heterocycles. The van der Waals surface area contributed by atoms with E-state index in [0.29, 0.717) is 31.8 Å². The van der Waals surface area contributed by atoms with Crippen molar-refractivity contribution in [3.05, 3.63) is 53.5 Å². The summed E-state index contributed by atoms with van der Waals surface area (Å²) in [4.78, 5) is 12.3. The van der Waals surface area contributed by atoms with E-state index in [0.717, 1.165) is 17.7 Å². The van der Waals surface area contributed by atoms with Crippen LogP contribution < -0.4 is 15.4 Å². The van der Waals surface area contributed by atoms with Crippen LogP contribution in [0.5, 0.6) is 5.75 Å². The van der Waals surface area contributed by atoms with Gasteiger partial charge in [-0.2, -0.15) is 0 Å². The predicted molar refractivity (Wildman–Crippen MR) is 91.2 cm³/mol. The van der Waals surface area contributed by atoms with E-state index in [1.165, 1.54) is 5.56 Å². The summed E-state index contributed by atoms with van der Waals surface area (Å²) in [5.74, 6) is 1.88. The van der Waals surface area contributed by atoms with Gasteiger partial charge in [0.15, 0.2) is 0 Å². The van der Waals surface area contributed by atoms with Crippen molar-refractivity contribution in [1.29, 1.82) is 0 Å². The van der Waals surface area contributed by atoms with Crippen LogP contribution in [0.15, 0.2) is 41.0 Å². The lowest BCUT2D eigenvalue weighted by Crippen LogP contribution is -2.44. The van der Waals surface area contributed by atoms with E-state index in [1.807, 2.05) is 18.2 Å². The number of carbonyl (C=O) groups excluding carboxylic acids is 1. The highest BCUT2D eigenvalue weighted by atomic mass is 16.5. The molecule has 2 amide bonds. The maximum absolute atomic E-state index is 12.3. The van der Waals surface area contributed by atoms with Gasteiger partial charge in [0.2, 0.25) is 0 Å². The third-order valence-electron chi connectivity index (χ3n) is 4.98. The van der Waals surface area contributed by atoms with Crippen LogP contribution in [0, 0.1) is 5.92 Å². The van der Waals surface area contributed by atoms with Crippen LogP contribution in [-0.2, 0) is 13.0 Å². The third-order valence-corrected chi connectivity index (χ3v) is 4.98. The Bertz CT molecular complexity index is 738. The van der Waals surface area contributed by atoms with Crippen LogP contribution in [0.3, 0.4) is 0 Å². The van der Waals surface area contributed by atoms with Gasteiger partial charge in [-0.25, -0.2) is 4.79 Å². The number of amides is 2. The molecule has 1 saturated carbocycles. The van der Waals surface area contributed by atoms with Gasteiger partial charge in [0.1, 0.15) is 11.5 Å². The zero-order valence-corrected chi connectivity index (χ0v) is 13.9. The van der Waals surface area contributed by atoms with Gasteiger partial charge in [0.05, 0.1) is 31.6 Å². The number of hydrogen-bond acceptors (Lipinski definition) is 4. The van der Waals surface area contributed by atoms with Crippen molar-refractivity contribution in [2.75, 3.05) is 6.61 Å². The molecule has 0 spiro atoms. The lowest BCUT2D eigenvalue weighted by Gasteiger charge is -2.38. The Kier molecular flexibility index (Phi) is 4.36. The summed E-state index contributed by atoms with van der Waals surface area (Å²) in [5, 5.41) is 15.6. The summed E-state index contributed by atoms with van der Waals surface area (Å²) >= 11 is 0. The SMILES string of the molecule is O=C(NCc1ccco1)N[C@H](c1ccc2c(c1)CCO2)C1CC(O)C1. The van der Waals surface area contributed by atoms with E-state index in [-0.39, 0.29) is 24.1 Å². The van der Waals surface area contributed by atoms with Crippen LogP contribution >= 0.6 is 0 Å². The minimum Gasteiger partial charge on any atom is -0.493 e. The molecule has 1 aliphatic heterocycles. The first-order valence-corrected chi connectivity index (χ1v) is 8.69. The minimum atomic E-state index is -0.266. The molecule has 1 aliphatic carbocycles. The number of aliphatic hydroxyl groups is 1. The molecule has 0 saturated heterocycles. The molecule has 1 atom stereocenters. The van der Waals surface area contributed by atoms with Crippen molar-refractivity contribution < 1.29 is 19.1 Å². The molecule has 6 heteroatoms. The zero-order valence-electron chi connectivity index (χ0n) is 13.9. The number of rotatable bonds is 5. The average Bonchev–Trinajstić information content (AvgIpc) is 3.25. The van der Waals surface area contributed by atoms with Crippen LogP contribution in [0.1, 0.15) is 35.8 Å². The van der Waals surface area contributed by atoms with Crippen LogP contribution in [0.25, 0.3) is 0 Å². The van der Waals surface area contributed by atoms with Gasteiger partial charge in [-0.05, 0) is 54.2 Å². The van der Waals surface area contributed by atoms with Crippen LogP contribution in [0.4, 0.5) is 4.79 Å². The average molecular weight is 342 g/mol. The number of aliphatic hydroxyl groups excluding tert-OH is 1. The summed E-state index contributed by atoms with van der Waals surface area (Å²) in [6.07, 6.45) is 3.62. The van der Waals surface area contributed by atoms with Crippen molar-refractivity contribution in [1.82, 2.24) is 10.6 Å². The molecule has 2 aromatic rings. The van der Waals surface area contributed by atoms with Gasteiger partial charge in [0.25, 0.3) is 0 Å². The highest BCUT2D eigenvalue weighted by molar-refractivity contribution is 5.74. The molecule has 0 unspecified atom stereocenters. The fraction of sp³-hybridized carbons (Fsp3) is 0.421. The predicted octanol–water partition coefficient (Wildman–Crippen LogP) is 2.53. The number of urea groups is 1. The number of nitrogens with one attached hydrogen (secondary N) is 2. The second-order valence-corrected chi connectivity index (χ2v) is 6.73. The van der Waals surface area contributed by atoms with E-state index in [4.69, 9.17) is 9.15 Å². The van der Waals surface area contributed by atoms with Gasteiger partial charge < -0.3 is 24.9 Å². The molecule has 1 fully saturated rings. The highest BCUT2D eigenvalue weighted by Gasteiger charge is 2.36.